The van der Waals surface area contributed by atoms with Gasteiger partial charge in [-0.1, -0.05) is 53.2 Å². The van der Waals surface area contributed by atoms with Gasteiger partial charge in [0.1, 0.15) is 31.0 Å². The van der Waals surface area contributed by atoms with Gasteiger partial charge in [-0.05, 0) is 104 Å². The number of carbonyl (C=O) groups is 2. The lowest BCUT2D eigenvalue weighted by atomic mass is 9.33. The number of ether oxygens (including phenoxy) is 3. The summed E-state index contributed by atoms with van der Waals surface area (Å²) in [5, 5.41) is 53.8. The molecular formula is C38H60O10. The third-order valence-corrected chi connectivity index (χ3v) is 15.6. The normalized spacial score (nSPS) is 51.3. The molecule has 4 saturated carbocycles. The molecule has 10 nitrogen and oxygen atoms in total. The number of allylic oxidation sites excluding steroid dienone is 2. The van der Waals surface area contributed by atoms with Crippen molar-refractivity contribution in [1.29, 1.82) is 0 Å². The van der Waals surface area contributed by atoms with Crippen molar-refractivity contribution in [3.8, 4) is 0 Å². The number of esters is 1. The van der Waals surface area contributed by atoms with Gasteiger partial charge in [0, 0.05) is 12.3 Å². The molecule has 5 fully saturated rings. The number of carboxylic acids is 1. The first kappa shape index (κ1) is 36.2. The third-order valence-electron chi connectivity index (χ3n) is 15.6. The molecule has 6 rings (SSSR count). The molecule has 1 heterocycles. The summed E-state index contributed by atoms with van der Waals surface area (Å²) in [6.45, 7) is 14.8. The Morgan fingerprint density at radius 3 is 2.23 bits per heavy atom. The molecule has 48 heavy (non-hydrogen) atoms. The molecule has 0 aromatic carbocycles. The number of aliphatic carboxylic acids is 1. The minimum absolute atomic E-state index is 0.0362. The molecule has 0 bridgehead atoms. The molecule has 1 aliphatic heterocycles. The van der Waals surface area contributed by atoms with Crippen LogP contribution in [0.1, 0.15) is 113 Å². The second-order valence-corrected chi connectivity index (χ2v) is 18.3. The number of hydrogen-bond donors (Lipinski definition) is 5. The number of aliphatic hydroxyl groups is 4. The van der Waals surface area contributed by atoms with E-state index in [1.165, 1.54) is 12.5 Å². The zero-order valence-corrected chi connectivity index (χ0v) is 30.0. The Bertz CT molecular complexity index is 1310. The van der Waals surface area contributed by atoms with Crippen LogP contribution in [0.15, 0.2) is 11.6 Å². The van der Waals surface area contributed by atoms with Gasteiger partial charge in [-0.15, -0.1) is 0 Å². The van der Waals surface area contributed by atoms with Crippen LogP contribution in [-0.2, 0) is 23.8 Å². The van der Waals surface area contributed by atoms with Crippen LogP contribution >= 0.6 is 0 Å². The summed E-state index contributed by atoms with van der Waals surface area (Å²) in [5.41, 5.74) is -0.129. The lowest BCUT2D eigenvalue weighted by Gasteiger charge is -2.71. The van der Waals surface area contributed by atoms with Gasteiger partial charge in [-0.25, -0.2) is 0 Å². The smallest absolute Gasteiger partial charge is 0.310 e. The molecule has 272 valence electrons. The van der Waals surface area contributed by atoms with E-state index in [1.54, 1.807) is 0 Å². The number of hydrogen-bond acceptors (Lipinski definition) is 9. The van der Waals surface area contributed by atoms with Gasteiger partial charge in [-0.2, -0.15) is 0 Å². The van der Waals surface area contributed by atoms with Crippen molar-refractivity contribution in [2.24, 2.45) is 50.2 Å². The van der Waals surface area contributed by atoms with E-state index in [0.29, 0.717) is 18.8 Å². The third kappa shape index (κ3) is 5.16. The summed E-state index contributed by atoms with van der Waals surface area (Å²) in [4.78, 5) is 24.4. The van der Waals surface area contributed by atoms with Gasteiger partial charge in [0.2, 0.25) is 0 Å². The maximum absolute atomic E-state index is 13.0. The Balaban J connectivity index is 1.28. The van der Waals surface area contributed by atoms with Crippen molar-refractivity contribution in [3.63, 3.8) is 0 Å². The quantitative estimate of drug-likeness (QED) is 0.153. The largest absolute Gasteiger partial charge is 0.481 e. The fourth-order valence-electron chi connectivity index (χ4n) is 12.4. The van der Waals surface area contributed by atoms with E-state index < -0.39 is 59.6 Å². The number of fused-ring (bicyclic) bond motifs is 7. The van der Waals surface area contributed by atoms with Crippen molar-refractivity contribution < 1.29 is 49.3 Å². The first-order valence-corrected chi connectivity index (χ1v) is 18.3. The molecule has 10 heteroatoms. The molecule has 1 saturated heterocycles. The summed E-state index contributed by atoms with van der Waals surface area (Å²) in [7, 11) is 0. The molecular weight excluding hydrogens is 616 g/mol. The summed E-state index contributed by atoms with van der Waals surface area (Å²) < 4.78 is 17.4. The topological polar surface area (TPSA) is 163 Å². The number of aliphatic hydroxyl groups excluding tert-OH is 4. The van der Waals surface area contributed by atoms with Gasteiger partial charge in [0.25, 0.3) is 0 Å². The first-order valence-electron chi connectivity index (χ1n) is 18.3. The van der Waals surface area contributed by atoms with Crippen molar-refractivity contribution in [3.05, 3.63) is 11.6 Å². The Labute approximate surface area is 285 Å². The number of carbonyl (C=O) groups excluding carboxylic acids is 1. The summed E-state index contributed by atoms with van der Waals surface area (Å²) in [6, 6.07) is 0. The van der Waals surface area contributed by atoms with E-state index in [1.807, 2.05) is 0 Å². The van der Waals surface area contributed by atoms with E-state index in [2.05, 4.69) is 47.6 Å². The fourth-order valence-corrected chi connectivity index (χ4v) is 12.4. The molecule has 5 N–H and O–H groups in total. The highest BCUT2D eigenvalue weighted by Crippen LogP contribution is 2.76. The van der Waals surface area contributed by atoms with E-state index in [9.17, 15) is 35.1 Å². The fraction of sp³-hybridized carbons (Fsp3) is 0.895. The zero-order valence-electron chi connectivity index (χ0n) is 30.0. The van der Waals surface area contributed by atoms with Crippen LogP contribution in [0, 0.1) is 50.2 Å². The second kappa shape index (κ2) is 12.0. The molecule has 5 aliphatic carbocycles. The Morgan fingerprint density at radius 1 is 0.896 bits per heavy atom. The van der Waals surface area contributed by atoms with Crippen LogP contribution in [0.5, 0.6) is 0 Å². The maximum Gasteiger partial charge on any atom is 0.310 e. The maximum atomic E-state index is 13.0. The van der Waals surface area contributed by atoms with Crippen LogP contribution in [0.3, 0.4) is 0 Å². The van der Waals surface area contributed by atoms with Crippen LogP contribution in [0.25, 0.3) is 0 Å². The summed E-state index contributed by atoms with van der Waals surface area (Å²) in [6.07, 6.45) is 3.46. The SMILES string of the molecule is CC(=O)OCC1OC(OC2CCC3(C)C(CCC4(C)C3CC=C3C5CC(C)(C)CCC5(C(=O)O)CCC34C)C2(C)CO)C(O)C(O)C1O. The molecule has 0 amide bonds. The average Bonchev–Trinajstić information content (AvgIpc) is 3.01. The monoisotopic (exact) mass is 676 g/mol. The summed E-state index contributed by atoms with van der Waals surface area (Å²) >= 11 is 0. The first-order chi connectivity index (χ1) is 22.3. The zero-order chi connectivity index (χ0) is 35.2. The van der Waals surface area contributed by atoms with E-state index in [0.717, 1.165) is 51.4 Å². The average molecular weight is 677 g/mol. The molecule has 0 aromatic heterocycles. The molecule has 0 spiro atoms. The number of carboxylic acid groups (broad SMARTS) is 1. The minimum atomic E-state index is -1.55. The molecule has 0 aromatic rings. The highest BCUT2D eigenvalue weighted by atomic mass is 16.7. The highest BCUT2D eigenvalue weighted by Gasteiger charge is 2.70. The predicted molar refractivity (Wildman–Crippen MR) is 176 cm³/mol. The van der Waals surface area contributed by atoms with Crippen LogP contribution < -0.4 is 0 Å². The van der Waals surface area contributed by atoms with Crippen LogP contribution in [0.2, 0.25) is 0 Å². The molecule has 0 radical (unpaired) electrons. The van der Waals surface area contributed by atoms with Gasteiger partial charge in [-0.3, -0.25) is 9.59 Å². The molecule has 14 atom stereocenters. The Hall–Kier alpha value is -1.56. The van der Waals surface area contributed by atoms with E-state index >= 15 is 0 Å². The van der Waals surface area contributed by atoms with Gasteiger partial charge < -0.3 is 39.7 Å². The number of rotatable bonds is 6. The highest BCUT2D eigenvalue weighted by molar-refractivity contribution is 5.76. The lowest BCUT2D eigenvalue weighted by molar-refractivity contribution is -0.333. The van der Waals surface area contributed by atoms with Crippen molar-refractivity contribution in [2.75, 3.05) is 13.2 Å². The van der Waals surface area contributed by atoms with E-state index in [4.69, 9.17) is 14.2 Å². The predicted octanol–water partition coefficient (Wildman–Crippen LogP) is 4.60. The van der Waals surface area contributed by atoms with Crippen LogP contribution in [0.4, 0.5) is 0 Å². The summed E-state index contributed by atoms with van der Waals surface area (Å²) in [5.74, 6) is -0.692. The van der Waals surface area contributed by atoms with Crippen LogP contribution in [-0.4, -0.2) is 87.5 Å². The van der Waals surface area contributed by atoms with Crippen molar-refractivity contribution in [1.82, 2.24) is 0 Å². The van der Waals surface area contributed by atoms with E-state index in [-0.39, 0.29) is 46.7 Å². The van der Waals surface area contributed by atoms with Gasteiger partial charge in [0.05, 0.1) is 18.1 Å². The lowest BCUT2D eigenvalue weighted by Crippen LogP contribution is -2.67. The molecule has 14 unspecified atom stereocenters. The molecule has 6 aliphatic rings. The van der Waals surface area contributed by atoms with Gasteiger partial charge >= 0.3 is 11.9 Å². The van der Waals surface area contributed by atoms with Crippen molar-refractivity contribution >= 4 is 11.9 Å². The minimum Gasteiger partial charge on any atom is -0.481 e. The van der Waals surface area contributed by atoms with Crippen molar-refractivity contribution in [2.45, 2.75) is 149 Å². The Morgan fingerprint density at radius 2 is 1.58 bits per heavy atom. The van der Waals surface area contributed by atoms with Gasteiger partial charge in [0.15, 0.2) is 6.29 Å². The standard InChI is InChI=1S/C38H60O10/c1-21(40)46-19-24-28(41)29(42)30(43)31(47-24)48-27-11-12-34(4)25(35(27,5)20-39)10-13-37(7)26(34)9-8-22-23-18-33(2,3)14-16-38(23,32(44)45)17-15-36(22,37)6/h8,23-31,39,41-43H,9-20H2,1-7H3,(H,44,45). The Kier molecular flexibility index (Phi) is 9.07. The second-order valence-electron chi connectivity index (χ2n) is 18.3.